The summed E-state index contributed by atoms with van der Waals surface area (Å²) in [6, 6.07) is 7.26. The van der Waals surface area contributed by atoms with E-state index in [4.69, 9.17) is 18.9 Å². The van der Waals surface area contributed by atoms with Crippen molar-refractivity contribution >= 4 is 33.4 Å². The maximum atomic E-state index is 13.3. The summed E-state index contributed by atoms with van der Waals surface area (Å²) in [7, 11) is 0. The summed E-state index contributed by atoms with van der Waals surface area (Å²) < 4.78 is 25.0. The largest absolute Gasteiger partial charge is 0.490 e. The number of hydrogen-bond acceptors (Lipinski definition) is 7. The van der Waals surface area contributed by atoms with Crippen molar-refractivity contribution in [3.63, 3.8) is 0 Å². The van der Waals surface area contributed by atoms with Crippen LogP contribution in [0.25, 0.3) is 10.2 Å². The first-order valence-electron chi connectivity index (χ1n) is 11.7. The molecule has 1 heterocycles. The number of aryl methyl sites for hydroxylation is 2. The molecule has 1 aromatic heterocycles. The normalized spacial score (nSPS) is 11.5. The second-order valence-corrected chi connectivity index (χ2v) is 8.71. The van der Waals surface area contributed by atoms with Crippen molar-refractivity contribution in [2.75, 3.05) is 26.4 Å². The van der Waals surface area contributed by atoms with Crippen LogP contribution in [-0.4, -0.2) is 42.9 Å². The van der Waals surface area contributed by atoms with Crippen molar-refractivity contribution in [1.82, 2.24) is 4.57 Å². The highest BCUT2D eigenvalue weighted by molar-refractivity contribution is 7.16. The number of aromatic nitrogens is 1. The van der Waals surface area contributed by atoms with Gasteiger partial charge in [-0.2, -0.15) is 4.99 Å². The second-order valence-electron chi connectivity index (χ2n) is 7.70. The average molecular weight is 501 g/mol. The molecule has 9 heteroatoms. The van der Waals surface area contributed by atoms with Crippen LogP contribution in [0.1, 0.15) is 49.2 Å². The summed E-state index contributed by atoms with van der Waals surface area (Å²) in [4.78, 5) is 30.5. The van der Waals surface area contributed by atoms with Gasteiger partial charge in [-0.1, -0.05) is 11.3 Å². The van der Waals surface area contributed by atoms with Crippen LogP contribution in [0.5, 0.6) is 17.2 Å². The fraction of sp³-hybridized carbons (Fsp3) is 0.423. The Kier molecular flexibility index (Phi) is 8.92. The number of carbonyl (C=O) groups is 2. The second kappa shape index (κ2) is 11.9. The molecule has 188 valence electrons. The molecule has 0 unspecified atom stereocenters. The Hall–Kier alpha value is -3.33. The van der Waals surface area contributed by atoms with Crippen molar-refractivity contribution < 1.29 is 28.5 Å². The van der Waals surface area contributed by atoms with Gasteiger partial charge in [-0.3, -0.25) is 9.59 Å². The zero-order chi connectivity index (χ0) is 25.5. The van der Waals surface area contributed by atoms with Crippen molar-refractivity contribution in [3.8, 4) is 17.2 Å². The van der Waals surface area contributed by atoms with E-state index in [9.17, 15) is 9.59 Å². The van der Waals surface area contributed by atoms with Gasteiger partial charge in [0.2, 0.25) is 5.75 Å². The molecule has 3 aromatic rings. The van der Waals surface area contributed by atoms with Crippen molar-refractivity contribution in [2.45, 2.75) is 48.1 Å². The van der Waals surface area contributed by atoms with Crippen LogP contribution in [-0.2, 0) is 16.1 Å². The summed E-state index contributed by atoms with van der Waals surface area (Å²) in [5.74, 6) is 0.421. The van der Waals surface area contributed by atoms with E-state index in [2.05, 4.69) is 4.99 Å². The van der Waals surface area contributed by atoms with Gasteiger partial charge in [-0.05, 0) is 76.9 Å². The monoisotopic (exact) mass is 500 g/mol. The topological polar surface area (TPSA) is 88.4 Å². The Morgan fingerprint density at radius 3 is 2.03 bits per heavy atom. The Bertz CT molecular complexity index is 1260. The third kappa shape index (κ3) is 6.03. The average Bonchev–Trinajstić information content (AvgIpc) is 3.12. The molecule has 0 spiro atoms. The van der Waals surface area contributed by atoms with Crippen LogP contribution in [0.4, 0.5) is 0 Å². The molecule has 0 aliphatic heterocycles. The number of esters is 1. The third-order valence-electron chi connectivity index (χ3n) is 5.24. The number of hydrogen-bond donors (Lipinski definition) is 0. The molecule has 0 bridgehead atoms. The minimum atomic E-state index is -0.479. The zero-order valence-corrected chi connectivity index (χ0v) is 21.9. The minimum Gasteiger partial charge on any atom is -0.490 e. The molecule has 0 radical (unpaired) electrons. The van der Waals surface area contributed by atoms with Crippen LogP contribution in [0, 0.1) is 13.8 Å². The molecule has 0 aliphatic carbocycles. The van der Waals surface area contributed by atoms with Gasteiger partial charge in [0.25, 0.3) is 5.91 Å². The molecule has 0 saturated carbocycles. The Balaban J connectivity index is 2.16. The van der Waals surface area contributed by atoms with Gasteiger partial charge < -0.3 is 23.5 Å². The minimum absolute atomic E-state index is 0.0415. The highest BCUT2D eigenvalue weighted by atomic mass is 32.1. The molecular weight excluding hydrogens is 468 g/mol. The van der Waals surface area contributed by atoms with Crippen LogP contribution in [0.15, 0.2) is 29.3 Å². The summed E-state index contributed by atoms with van der Waals surface area (Å²) in [5.41, 5.74) is 3.33. The molecule has 8 nitrogen and oxygen atoms in total. The van der Waals surface area contributed by atoms with Crippen molar-refractivity contribution in [1.29, 1.82) is 0 Å². The molecule has 0 aliphatic rings. The van der Waals surface area contributed by atoms with Crippen LogP contribution in [0.2, 0.25) is 0 Å². The van der Waals surface area contributed by atoms with E-state index < -0.39 is 11.9 Å². The van der Waals surface area contributed by atoms with E-state index in [1.54, 1.807) is 23.6 Å². The van der Waals surface area contributed by atoms with Crippen molar-refractivity contribution in [2.24, 2.45) is 4.99 Å². The van der Waals surface area contributed by atoms with E-state index in [0.717, 1.165) is 21.3 Å². The Morgan fingerprint density at radius 1 is 0.857 bits per heavy atom. The maximum absolute atomic E-state index is 13.3. The first-order valence-corrected chi connectivity index (χ1v) is 12.6. The Labute approximate surface area is 209 Å². The summed E-state index contributed by atoms with van der Waals surface area (Å²) in [5, 5.41) is 0. The fourth-order valence-corrected chi connectivity index (χ4v) is 4.67. The van der Waals surface area contributed by atoms with Gasteiger partial charge in [0.05, 0.1) is 36.6 Å². The zero-order valence-electron chi connectivity index (χ0n) is 21.1. The number of ether oxygens (including phenoxy) is 4. The number of nitrogens with zero attached hydrogens (tertiary/aromatic N) is 2. The molecule has 0 saturated heterocycles. The van der Waals surface area contributed by atoms with Gasteiger partial charge in [0, 0.05) is 5.56 Å². The lowest BCUT2D eigenvalue weighted by Gasteiger charge is -2.16. The van der Waals surface area contributed by atoms with Gasteiger partial charge in [-0.15, -0.1) is 0 Å². The van der Waals surface area contributed by atoms with Gasteiger partial charge in [-0.25, -0.2) is 0 Å². The van der Waals surface area contributed by atoms with E-state index >= 15 is 0 Å². The number of fused-ring (bicyclic) bond motifs is 1. The Morgan fingerprint density at radius 2 is 1.46 bits per heavy atom. The van der Waals surface area contributed by atoms with E-state index in [1.165, 1.54) is 11.3 Å². The molecule has 2 aromatic carbocycles. The lowest BCUT2D eigenvalue weighted by atomic mass is 10.1. The fourth-order valence-electron chi connectivity index (χ4n) is 3.56. The number of carbonyl (C=O) groups excluding carboxylic acids is 2. The predicted octanol–water partition coefficient (Wildman–Crippen LogP) is 4.82. The molecule has 0 atom stereocenters. The predicted molar refractivity (Wildman–Crippen MR) is 136 cm³/mol. The lowest BCUT2D eigenvalue weighted by molar-refractivity contribution is -0.143. The highest BCUT2D eigenvalue weighted by Gasteiger charge is 2.19. The summed E-state index contributed by atoms with van der Waals surface area (Å²) >= 11 is 1.35. The van der Waals surface area contributed by atoms with E-state index in [-0.39, 0.29) is 13.2 Å². The summed E-state index contributed by atoms with van der Waals surface area (Å²) in [6.45, 7) is 12.8. The quantitative estimate of drug-likeness (QED) is 0.371. The summed E-state index contributed by atoms with van der Waals surface area (Å²) in [6.07, 6.45) is 0. The maximum Gasteiger partial charge on any atom is 0.326 e. The van der Waals surface area contributed by atoms with E-state index in [0.29, 0.717) is 47.4 Å². The van der Waals surface area contributed by atoms with Crippen LogP contribution in [0.3, 0.4) is 0 Å². The number of thiazole rings is 1. The molecule has 0 N–H and O–H groups in total. The highest BCUT2D eigenvalue weighted by Crippen LogP contribution is 2.39. The molecule has 35 heavy (non-hydrogen) atoms. The molecular formula is C26H32N2O6S. The lowest BCUT2D eigenvalue weighted by Crippen LogP contribution is -2.23. The van der Waals surface area contributed by atoms with Crippen LogP contribution >= 0.6 is 11.3 Å². The van der Waals surface area contributed by atoms with Gasteiger partial charge in [0.1, 0.15) is 6.54 Å². The number of rotatable bonds is 10. The molecule has 1 amide bonds. The van der Waals surface area contributed by atoms with Gasteiger partial charge >= 0.3 is 5.97 Å². The number of amides is 1. The van der Waals surface area contributed by atoms with E-state index in [1.807, 2.05) is 46.8 Å². The first-order chi connectivity index (χ1) is 16.8. The molecule has 3 rings (SSSR count). The standard InChI is InChI=1S/C26H32N2O6S/c1-7-31-20-13-18(14-21(32-8-2)24(20)34-10-4)25(30)27-26-28(15-23(29)33-9-3)19-11-16(5)17(6)12-22(19)35-26/h11-14H,7-10,15H2,1-6H3. The smallest absolute Gasteiger partial charge is 0.326 e. The molecule has 0 fully saturated rings. The number of benzene rings is 2. The SMILES string of the molecule is CCOC(=O)Cn1c(=NC(=O)c2cc(OCC)c(OCC)c(OCC)c2)sc2cc(C)c(C)cc21. The van der Waals surface area contributed by atoms with Crippen LogP contribution < -0.4 is 19.0 Å². The third-order valence-corrected chi connectivity index (χ3v) is 6.29. The van der Waals surface area contributed by atoms with Gasteiger partial charge in [0.15, 0.2) is 16.3 Å². The van der Waals surface area contributed by atoms with Crippen molar-refractivity contribution in [3.05, 3.63) is 45.8 Å². The first kappa shape index (κ1) is 26.3.